The number of hydrogen-bond donors (Lipinski definition) is 0. The minimum atomic E-state index is -0.0631. The third kappa shape index (κ3) is 6.93. The molecule has 0 heteroatoms. The molecular formula is C60H54. The molecule has 0 N–H and O–H groups in total. The van der Waals surface area contributed by atoms with Crippen LogP contribution in [-0.4, -0.2) is 0 Å². The van der Waals surface area contributed by atoms with Crippen LogP contribution < -0.4 is 0 Å². The fraction of sp³-hybridized carbons (Fsp3) is 0.200. The van der Waals surface area contributed by atoms with E-state index in [2.05, 4.69) is 222 Å². The highest BCUT2D eigenvalue weighted by atomic mass is 14.4. The predicted octanol–water partition coefficient (Wildman–Crippen LogP) is 15.7. The minimum absolute atomic E-state index is 0.0480. The summed E-state index contributed by atoms with van der Waals surface area (Å²) in [6.45, 7) is 9.58. The van der Waals surface area contributed by atoms with Gasteiger partial charge in [0.25, 0.3) is 0 Å². The normalized spacial score (nSPS) is 19.1. The first kappa shape index (κ1) is 38.0. The van der Waals surface area contributed by atoms with Crippen LogP contribution in [0.15, 0.2) is 194 Å². The van der Waals surface area contributed by atoms with Crippen molar-refractivity contribution in [2.24, 2.45) is 0 Å². The molecule has 3 aliphatic rings. The number of rotatable bonds is 4. The second-order valence-corrected chi connectivity index (χ2v) is 18.4. The van der Waals surface area contributed by atoms with E-state index in [1.165, 1.54) is 88.7 Å². The Kier molecular flexibility index (Phi) is 9.76. The number of allylic oxidation sites excluding steroid dienone is 8. The molecule has 0 aliphatic heterocycles. The lowest BCUT2D eigenvalue weighted by Gasteiger charge is -2.28. The van der Waals surface area contributed by atoms with E-state index in [0.29, 0.717) is 0 Å². The number of fused-ring (bicyclic) bond motifs is 6. The van der Waals surface area contributed by atoms with E-state index in [1.54, 1.807) is 0 Å². The molecule has 0 amide bonds. The molecule has 0 aromatic heterocycles. The second kappa shape index (κ2) is 15.4. The van der Waals surface area contributed by atoms with Gasteiger partial charge in [-0.25, -0.2) is 0 Å². The maximum absolute atomic E-state index is 2.55. The lowest BCUT2D eigenvalue weighted by atomic mass is 9.76. The van der Waals surface area contributed by atoms with Gasteiger partial charge in [0.1, 0.15) is 0 Å². The summed E-state index contributed by atoms with van der Waals surface area (Å²) in [4.78, 5) is 0. The van der Waals surface area contributed by atoms with Crippen LogP contribution in [0.4, 0.5) is 0 Å². The second-order valence-electron chi connectivity index (χ2n) is 18.4. The van der Waals surface area contributed by atoms with Crippen molar-refractivity contribution in [2.75, 3.05) is 0 Å². The monoisotopic (exact) mass is 774 g/mol. The predicted molar refractivity (Wildman–Crippen MR) is 256 cm³/mol. The Bertz CT molecular complexity index is 2880. The fourth-order valence-electron chi connectivity index (χ4n) is 10.6. The molecule has 0 fully saturated rings. The van der Waals surface area contributed by atoms with Crippen molar-refractivity contribution < 1.29 is 0 Å². The SMILES string of the molecule is CC1(C)CC=C(c2cccc(C3CC=CC(c4ccc5ccccc5c4)=CCC(c4ccc5c(c4)C(C)(C)c4ccccc4-5)c4ccccc43)c2)C=CCc2ccccc21. The average Bonchev–Trinajstić information content (AvgIpc) is 3.54. The van der Waals surface area contributed by atoms with Crippen molar-refractivity contribution >= 4 is 21.9 Å². The average molecular weight is 775 g/mol. The van der Waals surface area contributed by atoms with Crippen LogP contribution in [0.2, 0.25) is 0 Å². The molecular weight excluding hydrogens is 721 g/mol. The zero-order valence-corrected chi connectivity index (χ0v) is 35.5. The first-order valence-electron chi connectivity index (χ1n) is 22.0. The standard InChI is InChI=1S/C60H54/c1-59(2)37-36-43(19-13-21-44-17-7-11-28-56(44)59)46-22-14-23-48(39-46)50-27-15-20-42(47-31-30-41-16-5-6-18-45(41)38-47)32-34-51(53-25-9-8-24-52(50)53)49-33-35-55-54-26-10-12-29-57(54)60(3,4)58(55)40-49/h5-20,22-26,28-33,35-36,38-40,50-51H,21,27,34,37H2,1-4H3. The maximum Gasteiger partial charge on any atom is 0.0158 e. The van der Waals surface area contributed by atoms with Crippen LogP contribution >= 0.6 is 0 Å². The van der Waals surface area contributed by atoms with Gasteiger partial charge >= 0.3 is 0 Å². The smallest absolute Gasteiger partial charge is 0.0158 e. The Hall–Kier alpha value is -6.24. The third-order valence-corrected chi connectivity index (χ3v) is 13.9. The molecule has 0 radical (unpaired) electrons. The maximum atomic E-state index is 2.55. The van der Waals surface area contributed by atoms with Crippen molar-refractivity contribution in [1.29, 1.82) is 0 Å². The highest BCUT2D eigenvalue weighted by Gasteiger charge is 2.36. The number of benzene rings is 7. The highest BCUT2D eigenvalue weighted by molar-refractivity contribution is 5.88. The molecule has 7 aromatic rings. The molecule has 0 spiro atoms. The van der Waals surface area contributed by atoms with Gasteiger partial charge in [0.2, 0.25) is 0 Å². The Labute approximate surface area is 357 Å². The minimum Gasteiger partial charge on any atom is -0.0830 e. The topological polar surface area (TPSA) is 0 Å². The molecule has 2 unspecified atom stereocenters. The summed E-state index contributed by atoms with van der Waals surface area (Å²) < 4.78 is 0. The Balaban J connectivity index is 1.09. The molecule has 10 rings (SSSR count). The molecule has 7 aromatic carbocycles. The first-order chi connectivity index (χ1) is 29.2. The number of hydrogen-bond acceptors (Lipinski definition) is 0. The van der Waals surface area contributed by atoms with E-state index in [4.69, 9.17) is 0 Å². The van der Waals surface area contributed by atoms with Gasteiger partial charge in [-0.1, -0.05) is 216 Å². The lowest BCUT2D eigenvalue weighted by molar-refractivity contribution is 0.530. The molecule has 0 heterocycles. The Morgan fingerprint density at radius 1 is 0.450 bits per heavy atom. The van der Waals surface area contributed by atoms with Crippen molar-refractivity contribution in [3.63, 3.8) is 0 Å². The molecule has 294 valence electrons. The Morgan fingerprint density at radius 2 is 1.10 bits per heavy atom. The van der Waals surface area contributed by atoms with Gasteiger partial charge < -0.3 is 0 Å². The van der Waals surface area contributed by atoms with E-state index in [9.17, 15) is 0 Å². The van der Waals surface area contributed by atoms with Gasteiger partial charge in [-0.2, -0.15) is 0 Å². The van der Waals surface area contributed by atoms with E-state index < -0.39 is 0 Å². The van der Waals surface area contributed by atoms with E-state index >= 15 is 0 Å². The van der Waals surface area contributed by atoms with Crippen LogP contribution in [0.5, 0.6) is 0 Å². The van der Waals surface area contributed by atoms with Crippen molar-refractivity contribution in [3.05, 3.63) is 250 Å². The summed E-state index contributed by atoms with van der Waals surface area (Å²) in [6, 6.07) is 59.8. The molecule has 0 bridgehead atoms. The summed E-state index contributed by atoms with van der Waals surface area (Å²) in [6.07, 6.45) is 18.3. The van der Waals surface area contributed by atoms with Crippen LogP contribution in [0.3, 0.4) is 0 Å². The van der Waals surface area contributed by atoms with Gasteiger partial charge in [-0.05, 0) is 126 Å². The van der Waals surface area contributed by atoms with Crippen LogP contribution in [0.1, 0.15) is 114 Å². The van der Waals surface area contributed by atoms with Crippen LogP contribution in [-0.2, 0) is 17.3 Å². The highest BCUT2D eigenvalue weighted by Crippen LogP contribution is 2.50. The summed E-state index contributed by atoms with van der Waals surface area (Å²) in [7, 11) is 0. The molecule has 60 heavy (non-hydrogen) atoms. The molecule has 3 aliphatic carbocycles. The molecule has 2 atom stereocenters. The lowest BCUT2D eigenvalue weighted by Crippen LogP contribution is -2.18. The van der Waals surface area contributed by atoms with Crippen LogP contribution in [0, 0.1) is 0 Å². The van der Waals surface area contributed by atoms with Gasteiger partial charge in [0.05, 0.1) is 0 Å². The van der Waals surface area contributed by atoms with Crippen molar-refractivity contribution in [3.8, 4) is 11.1 Å². The third-order valence-electron chi connectivity index (χ3n) is 13.9. The van der Waals surface area contributed by atoms with Gasteiger partial charge in [0, 0.05) is 17.3 Å². The van der Waals surface area contributed by atoms with Gasteiger partial charge in [-0.15, -0.1) is 0 Å². The van der Waals surface area contributed by atoms with E-state index in [-0.39, 0.29) is 22.7 Å². The summed E-state index contributed by atoms with van der Waals surface area (Å²) in [5, 5.41) is 2.55. The zero-order valence-electron chi connectivity index (χ0n) is 35.5. The summed E-state index contributed by atoms with van der Waals surface area (Å²) >= 11 is 0. The van der Waals surface area contributed by atoms with E-state index in [0.717, 1.165) is 25.7 Å². The Morgan fingerprint density at radius 3 is 1.95 bits per heavy atom. The van der Waals surface area contributed by atoms with Crippen molar-refractivity contribution in [1.82, 2.24) is 0 Å². The fourth-order valence-corrected chi connectivity index (χ4v) is 10.6. The molecule has 0 saturated heterocycles. The van der Waals surface area contributed by atoms with Crippen molar-refractivity contribution in [2.45, 2.75) is 76.0 Å². The summed E-state index contributed by atoms with van der Waals surface area (Å²) in [5.41, 5.74) is 19.2. The van der Waals surface area contributed by atoms with Gasteiger partial charge in [-0.3, -0.25) is 0 Å². The largest absolute Gasteiger partial charge is 0.0830 e. The van der Waals surface area contributed by atoms with Crippen LogP contribution in [0.25, 0.3) is 33.0 Å². The summed E-state index contributed by atoms with van der Waals surface area (Å²) in [5.74, 6) is 0.370. The van der Waals surface area contributed by atoms with Gasteiger partial charge in [0.15, 0.2) is 0 Å². The zero-order chi connectivity index (χ0) is 40.8. The quantitative estimate of drug-likeness (QED) is 0.167. The van der Waals surface area contributed by atoms with E-state index in [1.807, 2.05) is 0 Å². The first-order valence-corrected chi connectivity index (χ1v) is 22.0. The molecule has 0 nitrogen and oxygen atoms in total. The molecule has 0 saturated carbocycles.